The van der Waals surface area contributed by atoms with Gasteiger partial charge in [0.25, 0.3) is 5.91 Å². The molecule has 30 heavy (non-hydrogen) atoms. The summed E-state index contributed by atoms with van der Waals surface area (Å²) in [5.74, 6) is 0.986. The van der Waals surface area contributed by atoms with Gasteiger partial charge in [0.1, 0.15) is 17.3 Å². The van der Waals surface area contributed by atoms with Crippen molar-refractivity contribution < 1.29 is 9.59 Å². The second-order valence-corrected chi connectivity index (χ2v) is 7.37. The summed E-state index contributed by atoms with van der Waals surface area (Å²) in [5, 5.41) is 16.0. The molecule has 5 rings (SSSR count). The molecule has 4 heterocycles. The number of hydrogen-bond donors (Lipinski definition) is 4. The summed E-state index contributed by atoms with van der Waals surface area (Å²) in [6.45, 7) is 2.01. The molecule has 1 unspecified atom stereocenters. The number of pyridine rings is 1. The van der Waals surface area contributed by atoms with Crippen molar-refractivity contribution in [3.8, 4) is 0 Å². The number of carbonyl (C=O) groups excluding carboxylic acids is 2. The minimum Gasteiger partial charge on any atom is -0.367 e. The zero-order chi connectivity index (χ0) is 20.7. The van der Waals surface area contributed by atoms with Crippen molar-refractivity contribution in [2.24, 2.45) is 0 Å². The predicted molar refractivity (Wildman–Crippen MR) is 111 cm³/mol. The molecule has 0 bridgehead atoms. The molecule has 3 aromatic heterocycles. The molecule has 1 aliphatic heterocycles. The second-order valence-electron chi connectivity index (χ2n) is 7.37. The molecule has 4 N–H and O–H groups in total. The van der Waals surface area contributed by atoms with Crippen LogP contribution in [0.3, 0.4) is 0 Å². The molecule has 2 fully saturated rings. The van der Waals surface area contributed by atoms with Crippen LogP contribution in [0.4, 0.5) is 16.4 Å². The normalized spacial score (nSPS) is 18.4. The Morgan fingerprint density at radius 1 is 1.27 bits per heavy atom. The maximum atomic E-state index is 11.9. The fourth-order valence-corrected chi connectivity index (χ4v) is 3.26. The molecule has 1 aliphatic carbocycles. The fourth-order valence-electron chi connectivity index (χ4n) is 3.26. The van der Waals surface area contributed by atoms with E-state index in [1.54, 1.807) is 23.0 Å². The number of anilines is 2. The van der Waals surface area contributed by atoms with Crippen molar-refractivity contribution >= 4 is 35.3 Å². The zero-order valence-electron chi connectivity index (χ0n) is 16.2. The van der Waals surface area contributed by atoms with Crippen LogP contribution in [0, 0.1) is 0 Å². The van der Waals surface area contributed by atoms with Gasteiger partial charge in [0.05, 0.1) is 17.9 Å². The van der Waals surface area contributed by atoms with E-state index in [4.69, 9.17) is 4.98 Å². The summed E-state index contributed by atoms with van der Waals surface area (Å²) in [5.41, 5.74) is 2.25. The Bertz CT molecular complexity index is 1170. The van der Waals surface area contributed by atoms with Crippen LogP contribution < -0.4 is 21.3 Å². The highest BCUT2D eigenvalue weighted by molar-refractivity contribution is 6.14. The van der Waals surface area contributed by atoms with Gasteiger partial charge in [-0.05, 0) is 38.0 Å². The number of fused-ring (bicyclic) bond motifs is 1. The van der Waals surface area contributed by atoms with Crippen LogP contribution in [0.25, 0.3) is 11.7 Å². The summed E-state index contributed by atoms with van der Waals surface area (Å²) in [6, 6.07) is 7.51. The summed E-state index contributed by atoms with van der Waals surface area (Å²) in [6.07, 6.45) is 7.18. The minimum atomic E-state index is -0.543. The van der Waals surface area contributed by atoms with Gasteiger partial charge in [-0.2, -0.15) is 9.61 Å². The first-order valence-corrected chi connectivity index (χ1v) is 9.73. The molecule has 1 saturated heterocycles. The van der Waals surface area contributed by atoms with Crippen molar-refractivity contribution in [3.63, 3.8) is 0 Å². The lowest BCUT2D eigenvalue weighted by Gasteiger charge is -2.16. The molecule has 0 aromatic carbocycles. The van der Waals surface area contributed by atoms with E-state index < -0.39 is 11.9 Å². The van der Waals surface area contributed by atoms with Crippen molar-refractivity contribution in [2.75, 3.05) is 10.6 Å². The van der Waals surface area contributed by atoms with Crippen LogP contribution in [0.2, 0.25) is 0 Å². The summed E-state index contributed by atoms with van der Waals surface area (Å²) < 4.78 is 1.70. The van der Waals surface area contributed by atoms with Gasteiger partial charge in [0, 0.05) is 23.9 Å². The van der Waals surface area contributed by atoms with Crippen molar-refractivity contribution in [1.82, 2.24) is 30.2 Å². The lowest BCUT2D eigenvalue weighted by Crippen LogP contribution is -2.22. The molecule has 0 spiro atoms. The van der Waals surface area contributed by atoms with Crippen LogP contribution >= 0.6 is 0 Å². The summed E-state index contributed by atoms with van der Waals surface area (Å²) >= 11 is 0. The summed E-state index contributed by atoms with van der Waals surface area (Å²) in [7, 11) is 0. The van der Waals surface area contributed by atoms with E-state index in [9.17, 15) is 9.59 Å². The van der Waals surface area contributed by atoms with Gasteiger partial charge in [-0.3, -0.25) is 15.1 Å². The first kappa shape index (κ1) is 18.1. The van der Waals surface area contributed by atoms with Crippen LogP contribution in [-0.2, 0) is 4.79 Å². The van der Waals surface area contributed by atoms with Crippen LogP contribution in [0.1, 0.15) is 37.1 Å². The molecule has 1 atom stereocenters. The Balaban J connectivity index is 1.53. The molecule has 10 nitrogen and oxygen atoms in total. The third-order valence-corrected chi connectivity index (χ3v) is 4.94. The van der Waals surface area contributed by atoms with Crippen LogP contribution in [0.5, 0.6) is 0 Å². The predicted octanol–water partition coefficient (Wildman–Crippen LogP) is 2.05. The van der Waals surface area contributed by atoms with Crippen molar-refractivity contribution in [1.29, 1.82) is 0 Å². The lowest BCUT2D eigenvalue weighted by molar-refractivity contribution is -0.115. The smallest absolute Gasteiger partial charge is 0.326 e. The first-order valence-electron chi connectivity index (χ1n) is 9.73. The third kappa shape index (κ3) is 3.54. The Morgan fingerprint density at radius 2 is 2.13 bits per heavy atom. The van der Waals surface area contributed by atoms with E-state index >= 15 is 0 Å². The van der Waals surface area contributed by atoms with Crippen molar-refractivity contribution in [2.45, 2.75) is 31.8 Å². The zero-order valence-corrected chi connectivity index (χ0v) is 16.2. The van der Waals surface area contributed by atoms with Crippen LogP contribution in [0.15, 0.2) is 42.4 Å². The number of urea groups is 1. The van der Waals surface area contributed by atoms with Gasteiger partial charge in [-0.25, -0.2) is 9.78 Å². The number of nitrogens with zero attached hydrogens (tertiary/aromatic N) is 4. The van der Waals surface area contributed by atoms with Crippen molar-refractivity contribution in [3.05, 3.63) is 53.6 Å². The highest BCUT2D eigenvalue weighted by atomic mass is 16.2. The number of amides is 3. The quantitative estimate of drug-likeness (QED) is 0.366. The molecule has 152 valence electrons. The topological polar surface area (TPSA) is 125 Å². The number of imide groups is 1. The first-order chi connectivity index (χ1) is 14.6. The van der Waals surface area contributed by atoms with E-state index in [1.165, 1.54) is 0 Å². The Labute approximate surface area is 171 Å². The highest BCUT2D eigenvalue weighted by Crippen LogP contribution is 2.28. The van der Waals surface area contributed by atoms with E-state index in [2.05, 4.69) is 31.3 Å². The maximum Gasteiger partial charge on any atom is 0.326 e. The second kappa shape index (κ2) is 7.14. The highest BCUT2D eigenvalue weighted by Gasteiger charge is 2.25. The fraction of sp³-hybridized carbons (Fsp3) is 0.250. The average molecular weight is 404 g/mol. The average Bonchev–Trinajstić information content (AvgIpc) is 3.37. The number of aromatic nitrogens is 4. The molecule has 0 radical (unpaired) electrons. The summed E-state index contributed by atoms with van der Waals surface area (Å²) in [4.78, 5) is 32.4. The molecule has 2 aliphatic rings. The standard InChI is InChI=1S/C20H20N8O2/c1-11(14-4-2-3-7-21-14)23-16-9-17(24-13-5-6-13)28-18(26-16)12(10-22-28)8-15-19(29)27-20(30)25-15/h2-4,7-11,13,24H,5-6H2,1H3,(H,23,26)(H2,25,27,29,30)/b15-8-. The Hall–Kier alpha value is -3.95. The largest absolute Gasteiger partial charge is 0.367 e. The number of rotatable bonds is 6. The molecular formula is C20H20N8O2. The van der Waals surface area contributed by atoms with E-state index in [1.807, 2.05) is 31.2 Å². The monoisotopic (exact) mass is 404 g/mol. The minimum absolute atomic E-state index is 0.0560. The number of carbonyl (C=O) groups is 2. The molecule has 3 aromatic rings. The molecular weight excluding hydrogens is 384 g/mol. The Morgan fingerprint density at radius 3 is 2.83 bits per heavy atom. The van der Waals surface area contributed by atoms with E-state index in [0.29, 0.717) is 23.1 Å². The van der Waals surface area contributed by atoms with Gasteiger partial charge < -0.3 is 16.0 Å². The molecule has 3 amide bonds. The van der Waals surface area contributed by atoms with Gasteiger partial charge in [-0.15, -0.1) is 0 Å². The maximum absolute atomic E-state index is 11.9. The molecule has 1 saturated carbocycles. The van der Waals surface area contributed by atoms with Gasteiger partial charge in [0.15, 0.2) is 5.65 Å². The van der Waals surface area contributed by atoms with E-state index in [-0.39, 0.29) is 11.7 Å². The van der Waals surface area contributed by atoms with Gasteiger partial charge >= 0.3 is 6.03 Å². The Kier molecular flexibility index (Phi) is 4.31. The van der Waals surface area contributed by atoms with Gasteiger partial charge in [0.2, 0.25) is 0 Å². The van der Waals surface area contributed by atoms with Gasteiger partial charge in [-0.1, -0.05) is 6.07 Å². The SMILES string of the molecule is CC(Nc1cc(NC2CC2)n2ncc(/C=C3\NC(=O)NC3=O)c2n1)c1ccccn1. The lowest BCUT2D eigenvalue weighted by atomic mass is 10.2. The number of hydrogen-bond acceptors (Lipinski definition) is 7. The van der Waals surface area contributed by atoms with E-state index in [0.717, 1.165) is 24.4 Å². The number of nitrogens with one attached hydrogen (secondary N) is 4. The van der Waals surface area contributed by atoms with Crippen LogP contribution in [-0.4, -0.2) is 37.6 Å². The third-order valence-electron chi connectivity index (χ3n) is 4.94. The molecule has 10 heteroatoms.